The van der Waals surface area contributed by atoms with Crippen molar-refractivity contribution in [1.29, 1.82) is 0 Å². The van der Waals surface area contributed by atoms with Gasteiger partial charge in [0.05, 0.1) is 36.6 Å². The van der Waals surface area contributed by atoms with E-state index >= 15 is 0 Å². The molecule has 6 aliphatic rings. The van der Waals surface area contributed by atoms with Gasteiger partial charge in [-0.25, -0.2) is 0 Å². The second-order valence-electron chi connectivity index (χ2n) is 18.3. The molecule has 0 aromatic carbocycles. The fourth-order valence-electron chi connectivity index (χ4n) is 13.3. The zero-order valence-electron chi connectivity index (χ0n) is 28.6. The van der Waals surface area contributed by atoms with Gasteiger partial charge in [-0.15, -0.1) is 0 Å². The Balaban J connectivity index is 1.15. The van der Waals surface area contributed by atoms with E-state index in [4.69, 9.17) is 0 Å². The van der Waals surface area contributed by atoms with E-state index in [0.29, 0.717) is 24.7 Å². The first kappa shape index (κ1) is 34.6. The molecule has 0 bridgehead atoms. The molecule has 260 valence electrons. The number of aliphatic hydroxyl groups is 7. The van der Waals surface area contributed by atoms with Crippen molar-refractivity contribution in [2.45, 2.75) is 173 Å². The third-order valence-corrected chi connectivity index (χ3v) is 15.3. The summed E-state index contributed by atoms with van der Waals surface area (Å²) >= 11 is 0. The second kappa shape index (κ2) is 12.9. The molecule has 0 amide bonds. The Bertz CT molecular complexity index is 1010. The Kier molecular flexibility index (Phi) is 9.89. The van der Waals surface area contributed by atoms with Crippen LogP contribution in [0.5, 0.6) is 0 Å². The molecule has 0 aromatic rings. The van der Waals surface area contributed by atoms with Gasteiger partial charge in [0.2, 0.25) is 0 Å². The fourth-order valence-corrected chi connectivity index (χ4v) is 13.3. The van der Waals surface area contributed by atoms with Gasteiger partial charge in [-0.1, -0.05) is 72.1 Å². The molecule has 0 radical (unpaired) electrons. The second-order valence-corrected chi connectivity index (χ2v) is 18.3. The molecule has 6 saturated carbocycles. The standard InChI is InChI=1S/C38H66O7/c1-21-7-5-9-24(17-21)10-6-8-23-11-13-25(14-12-23)26-15-16-28(40)31-27(26)18-36(3)20-37(4)19-29(41)30(22(2)39)34(43)38(37,45)35(44)32(36)33(31)42/h21-35,39-45H,5-20H2,1-4H3/t21?,22?,23?,24?,25?,26?,27?,28?,29?,30?,31?,32?,33?,34?,35?,36-,37+,38+/m0/s1. The molecule has 13 unspecified atom stereocenters. The van der Waals surface area contributed by atoms with Gasteiger partial charge in [0.1, 0.15) is 5.60 Å². The van der Waals surface area contributed by atoms with E-state index in [2.05, 4.69) is 13.8 Å². The molecule has 7 N–H and O–H groups in total. The molecule has 0 spiro atoms. The van der Waals surface area contributed by atoms with Crippen LogP contribution in [-0.2, 0) is 0 Å². The van der Waals surface area contributed by atoms with Crippen molar-refractivity contribution in [1.82, 2.24) is 0 Å². The third-order valence-electron chi connectivity index (χ3n) is 15.3. The van der Waals surface area contributed by atoms with E-state index in [0.717, 1.165) is 30.6 Å². The Morgan fingerprint density at radius 3 is 2.11 bits per heavy atom. The van der Waals surface area contributed by atoms with Crippen LogP contribution in [0.15, 0.2) is 0 Å². The highest BCUT2D eigenvalue weighted by molar-refractivity contribution is 5.23. The minimum atomic E-state index is -1.99. The molecule has 7 heteroatoms. The molecule has 7 nitrogen and oxygen atoms in total. The topological polar surface area (TPSA) is 142 Å². The summed E-state index contributed by atoms with van der Waals surface area (Å²) in [5.41, 5.74) is -3.51. The number of hydrogen-bond acceptors (Lipinski definition) is 7. The third kappa shape index (κ3) is 5.88. The molecule has 45 heavy (non-hydrogen) atoms. The Morgan fingerprint density at radius 2 is 1.44 bits per heavy atom. The molecule has 0 heterocycles. The van der Waals surface area contributed by atoms with Crippen LogP contribution in [0.3, 0.4) is 0 Å². The predicted octanol–water partition coefficient (Wildman–Crippen LogP) is 4.80. The molecule has 0 saturated heterocycles. The average molecular weight is 635 g/mol. The summed E-state index contributed by atoms with van der Waals surface area (Å²) in [6, 6.07) is 0. The van der Waals surface area contributed by atoms with Crippen molar-refractivity contribution in [2.75, 3.05) is 0 Å². The van der Waals surface area contributed by atoms with Crippen LogP contribution in [-0.4, -0.2) is 78.0 Å². The summed E-state index contributed by atoms with van der Waals surface area (Å²) < 4.78 is 0. The first-order valence-corrected chi connectivity index (χ1v) is 19.0. The smallest absolute Gasteiger partial charge is 0.122 e. The molecular weight excluding hydrogens is 568 g/mol. The van der Waals surface area contributed by atoms with E-state index in [9.17, 15) is 35.7 Å². The molecular formula is C38H66O7. The number of rotatable bonds is 6. The van der Waals surface area contributed by atoms with Gasteiger partial charge in [0, 0.05) is 23.2 Å². The zero-order valence-corrected chi connectivity index (χ0v) is 28.6. The van der Waals surface area contributed by atoms with Crippen molar-refractivity contribution in [2.24, 2.45) is 64.1 Å². The number of hydrogen-bond donors (Lipinski definition) is 7. The maximum absolute atomic E-state index is 12.2. The summed E-state index contributed by atoms with van der Waals surface area (Å²) in [5.74, 6) is 1.77. The molecule has 16 atom stereocenters. The van der Waals surface area contributed by atoms with Crippen LogP contribution in [0.1, 0.15) is 130 Å². The van der Waals surface area contributed by atoms with Crippen molar-refractivity contribution in [3.05, 3.63) is 0 Å². The van der Waals surface area contributed by atoms with E-state index in [1.165, 1.54) is 77.6 Å². The summed E-state index contributed by atoms with van der Waals surface area (Å²) in [6.07, 6.45) is 11.1. The minimum absolute atomic E-state index is 0.144. The Labute approximate surface area is 272 Å². The lowest BCUT2D eigenvalue weighted by Gasteiger charge is -2.69. The first-order chi connectivity index (χ1) is 21.2. The van der Waals surface area contributed by atoms with Crippen LogP contribution < -0.4 is 0 Å². The first-order valence-electron chi connectivity index (χ1n) is 19.0. The van der Waals surface area contributed by atoms with E-state index in [1.807, 2.05) is 6.92 Å². The lowest BCUT2D eigenvalue weighted by Crippen LogP contribution is -2.78. The Hall–Kier alpha value is -0.280. The SMILES string of the molecule is CC1CCCC(CCCC2CCC(C3CCC(O)C4C(O)C5C(O)[C@]6(O)C(O)C(C(C)O)C(O)C[C@]6(C)C[C@]5(C)CC34)CC2)C1. The Morgan fingerprint density at radius 1 is 0.756 bits per heavy atom. The highest BCUT2D eigenvalue weighted by Gasteiger charge is 2.73. The average Bonchev–Trinajstić information content (AvgIpc) is 2.95. The van der Waals surface area contributed by atoms with Gasteiger partial charge in [0.15, 0.2) is 0 Å². The van der Waals surface area contributed by atoms with Gasteiger partial charge >= 0.3 is 0 Å². The quantitative estimate of drug-likeness (QED) is 0.223. The maximum atomic E-state index is 12.2. The normalized spacial score (nSPS) is 56.1. The van der Waals surface area contributed by atoms with Gasteiger partial charge < -0.3 is 35.7 Å². The van der Waals surface area contributed by atoms with Gasteiger partial charge in [0.25, 0.3) is 0 Å². The zero-order chi connectivity index (χ0) is 32.5. The van der Waals surface area contributed by atoms with Gasteiger partial charge in [-0.2, -0.15) is 0 Å². The van der Waals surface area contributed by atoms with Crippen LogP contribution in [0.2, 0.25) is 0 Å². The van der Waals surface area contributed by atoms with Crippen LogP contribution in [0.4, 0.5) is 0 Å². The molecule has 0 aliphatic heterocycles. The van der Waals surface area contributed by atoms with E-state index in [-0.39, 0.29) is 18.3 Å². The minimum Gasteiger partial charge on any atom is -0.393 e. The largest absolute Gasteiger partial charge is 0.393 e. The highest BCUT2D eigenvalue weighted by atomic mass is 16.4. The summed E-state index contributed by atoms with van der Waals surface area (Å²) in [7, 11) is 0. The van der Waals surface area contributed by atoms with Crippen molar-refractivity contribution in [3.8, 4) is 0 Å². The van der Waals surface area contributed by atoms with Crippen molar-refractivity contribution < 1.29 is 35.7 Å². The summed E-state index contributed by atoms with van der Waals surface area (Å²) in [5, 5.41) is 80.5. The van der Waals surface area contributed by atoms with Gasteiger partial charge in [-0.3, -0.25) is 0 Å². The van der Waals surface area contributed by atoms with E-state index < -0.39 is 64.9 Å². The summed E-state index contributed by atoms with van der Waals surface area (Å²) in [6.45, 7) is 7.88. The molecule has 0 aromatic heterocycles. The van der Waals surface area contributed by atoms with Crippen LogP contribution in [0, 0.1) is 64.1 Å². The fraction of sp³-hybridized carbons (Fsp3) is 1.00. The molecule has 6 rings (SSSR count). The number of fused-ring (bicyclic) bond motifs is 3. The van der Waals surface area contributed by atoms with Crippen LogP contribution in [0.25, 0.3) is 0 Å². The number of aliphatic hydroxyl groups excluding tert-OH is 6. The van der Waals surface area contributed by atoms with Crippen LogP contribution >= 0.6 is 0 Å². The lowest BCUT2D eigenvalue weighted by atomic mass is 9.39. The maximum Gasteiger partial charge on any atom is 0.122 e. The lowest BCUT2D eigenvalue weighted by molar-refractivity contribution is -0.337. The molecule has 6 fully saturated rings. The highest BCUT2D eigenvalue weighted by Crippen LogP contribution is 2.67. The van der Waals surface area contributed by atoms with E-state index in [1.54, 1.807) is 0 Å². The predicted molar refractivity (Wildman–Crippen MR) is 174 cm³/mol. The molecule has 6 aliphatic carbocycles. The monoisotopic (exact) mass is 634 g/mol. The van der Waals surface area contributed by atoms with Crippen molar-refractivity contribution in [3.63, 3.8) is 0 Å². The summed E-state index contributed by atoms with van der Waals surface area (Å²) in [4.78, 5) is 0. The van der Waals surface area contributed by atoms with Gasteiger partial charge in [-0.05, 0) is 99.2 Å². The van der Waals surface area contributed by atoms with Crippen molar-refractivity contribution >= 4 is 0 Å².